The highest BCUT2D eigenvalue weighted by Gasteiger charge is 2.25. The van der Waals surface area contributed by atoms with Gasteiger partial charge in [-0.2, -0.15) is 4.98 Å². The molecule has 30 heavy (non-hydrogen) atoms. The fraction of sp³-hybridized carbons (Fsp3) is 0.143. The van der Waals surface area contributed by atoms with Crippen LogP contribution in [0, 0.1) is 0 Å². The number of fused-ring (bicyclic) bond motifs is 2. The first-order chi connectivity index (χ1) is 14.6. The molecule has 2 aromatic carbocycles. The van der Waals surface area contributed by atoms with E-state index in [1.165, 1.54) is 11.3 Å². The van der Waals surface area contributed by atoms with Crippen molar-refractivity contribution in [2.24, 2.45) is 0 Å². The number of nitrogens with one attached hydrogen (secondary N) is 1. The number of hydrogen-bond acceptors (Lipinski definition) is 7. The van der Waals surface area contributed by atoms with Crippen LogP contribution in [-0.2, 0) is 13.0 Å². The average molecular weight is 420 g/mol. The van der Waals surface area contributed by atoms with E-state index in [-0.39, 0.29) is 17.6 Å². The Bertz CT molecular complexity index is 1250. The molecule has 5 rings (SSSR count). The van der Waals surface area contributed by atoms with Gasteiger partial charge < -0.3 is 14.4 Å². The number of thiazole rings is 1. The molecule has 150 valence electrons. The molecule has 1 aliphatic rings. The number of hydrogen-bond donors (Lipinski definition) is 2. The Morgan fingerprint density at radius 3 is 2.80 bits per heavy atom. The number of nitrogens with zero attached hydrogens (tertiary/aromatic N) is 3. The molecule has 1 amide bonds. The maximum atomic E-state index is 13.0. The van der Waals surface area contributed by atoms with E-state index < -0.39 is 5.97 Å². The van der Waals surface area contributed by atoms with Crippen molar-refractivity contribution in [3.05, 3.63) is 71.1 Å². The van der Waals surface area contributed by atoms with E-state index in [0.29, 0.717) is 30.2 Å². The van der Waals surface area contributed by atoms with Crippen molar-refractivity contribution < 1.29 is 19.1 Å². The zero-order chi connectivity index (χ0) is 20.7. The van der Waals surface area contributed by atoms with Gasteiger partial charge in [0.05, 0.1) is 10.2 Å². The van der Waals surface area contributed by atoms with Crippen LogP contribution in [0.3, 0.4) is 0 Å². The number of para-hydroxylation sites is 1. The van der Waals surface area contributed by atoms with Gasteiger partial charge in [-0.3, -0.25) is 10.1 Å². The van der Waals surface area contributed by atoms with Crippen LogP contribution in [-0.4, -0.2) is 33.5 Å². The first-order valence-electron chi connectivity index (χ1n) is 9.30. The second-order valence-corrected chi connectivity index (χ2v) is 7.91. The van der Waals surface area contributed by atoms with Gasteiger partial charge in [0.1, 0.15) is 6.26 Å². The number of aromatic carboxylic acids is 1. The molecule has 0 saturated carbocycles. The van der Waals surface area contributed by atoms with E-state index in [1.54, 1.807) is 6.07 Å². The number of anilines is 2. The Morgan fingerprint density at radius 2 is 2.00 bits per heavy atom. The molecular formula is C21H16N4O4S. The van der Waals surface area contributed by atoms with E-state index in [4.69, 9.17) is 9.52 Å². The van der Waals surface area contributed by atoms with E-state index >= 15 is 0 Å². The minimum absolute atomic E-state index is 0.141. The number of rotatable bonds is 4. The van der Waals surface area contributed by atoms with Crippen molar-refractivity contribution in [2.75, 3.05) is 16.8 Å². The van der Waals surface area contributed by atoms with E-state index in [1.807, 2.05) is 41.3 Å². The third kappa shape index (κ3) is 3.29. The van der Waals surface area contributed by atoms with Crippen molar-refractivity contribution in [3.8, 4) is 0 Å². The lowest BCUT2D eigenvalue weighted by Crippen LogP contribution is -2.32. The Hall–Kier alpha value is -3.72. The van der Waals surface area contributed by atoms with Crippen LogP contribution in [0.5, 0.6) is 0 Å². The third-order valence-electron chi connectivity index (χ3n) is 5.01. The normalized spacial score (nSPS) is 13.3. The fourth-order valence-electron chi connectivity index (χ4n) is 3.55. The summed E-state index contributed by atoms with van der Waals surface area (Å²) in [5.74, 6) is -1.37. The summed E-state index contributed by atoms with van der Waals surface area (Å²) in [4.78, 5) is 34.4. The lowest BCUT2D eigenvalue weighted by Gasteiger charge is -2.28. The molecule has 9 heteroatoms. The first-order valence-corrected chi connectivity index (χ1v) is 10.1. The molecule has 0 aliphatic carbocycles. The molecule has 4 aromatic rings. The molecule has 0 saturated heterocycles. The Balaban J connectivity index is 1.41. The minimum atomic E-state index is -1.14. The molecule has 1 aliphatic heterocycles. The third-order valence-corrected chi connectivity index (χ3v) is 5.97. The maximum absolute atomic E-state index is 13.0. The van der Waals surface area contributed by atoms with Gasteiger partial charge in [-0.1, -0.05) is 35.6 Å². The van der Waals surface area contributed by atoms with Crippen molar-refractivity contribution >= 4 is 44.6 Å². The quantitative estimate of drug-likeness (QED) is 0.517. The zero-order valence-corrected chi connectivity index (χ0v) is 16.5. The number of carboxylic acids is 1. The Kier molecular flexibility index (Phi) is 4.44. The molecule has 0 unspecified atom stereocenters. The van der Waals surface area contributed by atoms with Gasteiger partial charge in [0.2, 0.25) is 0 Å². The lowest BCUT2D eigenvalue weighted by molar-refractivity contribution is 0.0690. The maximum Gasteiger partial charge on any atom is 0.357 e. The van der Waals surface area contributed by atoms with Gasteiger partial charge in [0.15, 0.2) is 10.8 Å². The highest BCUT2D eigenvalue weighted by molar-refractivity contribution is 7.22. The van der Waals surface area contributed by atoms with Gasteiger partial charge >= 0.3 is 5.97 Å². The second-order valence-electron chi connectivity index (χ2n) is 6.88. The number of benzene rings is 2. The van der Waals surface area contributed by atoms with Gasteiger partial charge in [0.25, 0.3) is 11.9 Å². The highest BCUT2D eigenvalue weighted by Crippen LogP contribution is 2.29. The summed E-state index contributed by atoms with van der Waals surface area (Å²) in [5.41, 5.74) is 3.21. The summed E-state index contributed by atoms with van der Waals surface area (Å²) >= 11 is 1.43. The molecular weight excluding hydrogens is 404 g/mol. The smallest absolute Gasteiger partial charge is 0.357 e. The van der Waals surface area contributed by atoms with E-state index in [2.05, 4.69) is 15.3 Å². The molecule has 0 spiro atoms. The van der Waals surface area contributed by atoms with Crippen LogP contribution in [0.2, 0.25) is 0 Å². The first kappa shape index (κ1) is 18.3. The monoisotopic (exact) mass is 420 g/mol. The fourth-order valence-corrected chi connectivity index (χ4v) is 4.42. The Morgan fingerprint density at radius 1 is 1.13 bits per heavy atom. The highest BCUT2D eigenvalue weighted by atomic mass is 32.1. The summed E-state index contributed by atoms with van der Waals surface area (Å²) in [7, 11) is 0. The number of aromatic nitrogens is 2. The molecule has 2 aromatic heterocycles. The summed E-state index contributed by atoms with van der Waals surface area (Å²) in [5, 5.41) is 12.5. The zero-order valence-electron chi connectivity index (χ0n) is 15.7. The summed E-state index contributed by atoms with van der Waals surface area (Å²) in [6, 6.07) is 13.6. The van der Waals surface area contributed by atoms with Gasteiger partial charge in [-0.25, -0.2) is 9.78 Å². The molecule has 2 N–H and O–H groups in total. The van der Waals surface area contributed by atoms with Gasteiger partial charge in [-0.15, -0.1) is 0 Å². The van der Waals surface area contributed by atoms with E-state index in [0.717, 1.165) is 27.6 Å². The second kappa shape index (κ2) is 7.27. The standard InChI is InChI=1S/C21H16N4O4S/c26-18(24-20-22-15-6-1-2-7-17(15)30-20)13-5-3-4-12-8-9-25(10-14(12)13)21-23-16(11-29-21)19(27)28/h1-7,11H,8-10H2,(H,27,28)(H,22,24,26). The lowest BCUT2D eigenvalue weighted by atomic mass is 9.94. The van der Waals surface area contributed by atoms with E-state index in [9.17, 15) is 9.59 Å². The van der Waals surface area contributed by atoms with Crippen molar-refractivity contribution in [2.45, 2.75) is 13.0 Å². The molecule has 0 bridgehead atoms. The van der Waals surface area contributed by atoms with Crippen LogP contribution >= 0.6 is 11.3 Å². The molecule has 3 heterocycles. The Labute approximate surface area is 174 Å². The van der Waals surface area contributed by atoms with Gasteiger partial charge in [-0.05, 0) is 35.7 Å². The van der Waals surface area contributed by atoms with Crippen molar-refractivity contribution in [1.82, 2.24) is 9.97 Å². The van der Waals surface area contributed by atoms with Crippen LogP contribution in [0.1, 0.15) is 32.0 Å². The molecule has 0 fully saturated rings. The number of carbonyl (C=O) groups is 2. The molecule has 8 nitrogen and oxygen atoms in total. The minimum Gasteiger partial charge on any atom is -0.476 e. The van der Waals surface area contributed by atoms with Gasteiger partial charge in [0, 0.05) is 18.7 Å². The molecule has 0 atom stereocenters. The van der Waals surface area contributed by atoms with Crippen LogP contribution in [0.15, 0.2) is 53.1 Å². The summed E-state index contributed by atoms with van der Waals surface area (Å²) in [6.07, 6.45) is 1.82. The average Bonchev–Trinajstić information content (AvgIpc) is 3.40. The number of amides is 1. The van der Waals surface area contributed by atoms with Crippen LogP contribution in [0.4, 0.5) is 11.1 Å². The van der Waals surface area contributed by atoms with Crippen molar-refractivity contribution in [3.63, 3.8) is 0 Å². The van der Waals surface area contributed by atoms with Crippen molar-refractivity contribution in [1.29, 1.82) is 0 Å². The topological polar surface area (TPSA) is 109 Å². The SMILES string of the molecule is O=C(O)c1coc(N2CCc3cccc(C(=O)Nc4nc5ccccc5s4)c3C2)n1. The largest absolute Gasteiger partial charge is 0.476 e. The van der Waals surface area contributed by atoms with Crippen LogP contribution in [0.25, 0.3) is 10.2 Å². The predicted octanol–water partition coefficient (Wildman–Crippen LogP) is 3.80. The number of carboxylic acid groups (broad SMARTS) is 1. The summed E-state index contributed by atoms with van der Waals surface area (Å²) in [6.45, 7) is 1.02. The molecule has 0 radical (unpaired) electrons. The number of carbonyl (C=O) groups excluding carboxylic acids is 1. The number of oxazole rings is 1. The predicted molar refractivity (Wildman–Crippen MR) is 112 cm³/mol. The summed E-state index contributed by atoms with van der Waals surface area (Å²) < 4.78 is 6.34. The van der Waals surface area contributed by atoms with Crippen LogP contribution < -0.4 is 10.2 Å².